The third-order valence-corrected chi connectivity index (χ3v) is 5.41. The molecule has 1 aliphatic carbocycles. The molecular formula is C23H35N3O3. The normalized spacial score (nSPS) is 19.3. The molecule has 0 spiro atoms. The third kappa shape index (κ3) is 6.31. The van der Waals surface area contributed by atoms with Crippen LogP contribution in [0.25, 0.3) is 0 Å². The maximum Gasteiger partial charge on any atom is 0.229 e. The first kappa shape index (κ1) is 22.9. The maximum absolute atomic E-state index is 12.9. The summed E-state index contributed by atoms with van der Waals surface area (Å²) >= 11 is 0. The summed E-state index contributed by atoms with van der Waals surface area (Å²) in [5.74, 6) is -0.737. The van der Waals surface area contributed by atoms with E-state index in [1.807, 2.05) is 40.7 Å². The van der Waals surface area contributed by atoms with Gasteiger partial charge in [-0.05, 0) is 49.9 Å². The minimum Gasteiger partial charge on any atom is -0.356 e. The van der Waals surface area contributed by atoms with Crippen molar-refractivity contribution in [2.45, 2.75) is 66.7 Å². The molecule has 1 aromatic carbocycles. The van der Waals surface area contributed by atoms with Gasteiger partial charge in [0.1, 0.15) is 0 Å². The molecule has 6 heteroatoms. The average molecular weight is 402 g/mol. The fourth-order valence-corrected chi connectivity index (χ4v) is 3.56. The van der Waals surface area contributed by atoms with E-state index < -0.39 is 5.41 Å². The maximum atomic E-state index is 12.9. The molecule has 0 unspecified atom stereocenters. The molecule has 3 N–H and O–H groups in total. The first-order valence-electron chi connectivity index (χ1n) is 10.6. The Hall–Kier alpha value is -2.37. The summed E-state index contributed by atoms with van der Waals surface area (Å²) in [6.45, 7) is 10.2. The summed E-state index contributed by atoms with van der Waals surface area (Å²) in [6.07, 6.45) is 4.31. The van der Waals surface area contributed by atoms with E-state index in [1.54, 1.807) is 12.1 Å². The smallest absolute Gasteiger partial charge is 0.229 e. The lowest BCUT2D eigenvalue weighted by molar-refractivity contribution is -0.134. The Labute approximate surface area is 174 Å². The Kier molecular flexibility index (Phi) is 7.82. The van der Waals surface area contributed by atoms with Gasteiger partial charge >= 0.3 is 0 Å². The highest BCUT2D eigenvalue weighted by Gasteiger charge is 2.35. The Morgan fingerprint density at radius 3 is 2.17 bits per heavy atom. The van der Waals surface area contributed by atoms with Crippen molar-refractivity contribution in [2.24, 2.45) is 17.3 Å². The molecule has 0 saturated heterocycles. The highest BCUT2D eigenvalue weighted by atomic mass is 16.2. The lowest BCUT2D eigenvalue weighted by atomic mass is 9.78. The van der Waals surface area contributed by atoms with Crippen LogP contribution in [0.4, 0.5) is 11.4 Å². The van der Waals surface area contributed by atoms with E-state index in [4.69, 9.17) is 0 Å². The number of amides is 3. The topological polar surface area (TPSA) is 87.3 Å². The largest absolute Gasteiger partial charge is 0.356 e. The lowest BCUT2D eigenvalue weighted by Crippen LogP contribution is -2.41. The van der Waals surface area contributed by atoms with E-state index in [1.165, 1.54) is 0 Å². The zero-order chi connectivity index (χ0) is 21.6. The summed E-state index contributed by atoms with van der Waals surface area (Å²) in [5, 5.41) is 8.84. The summed E-state index contributed by atoms with van der Waals surface area (Å²) in [5.41, 5.74) is 1.81. The van der Waals surface area contributed by atoms with Gasteiger partial charge in [-0.2, -0.15) is 0 Å². The van der Waals surface area contributed by atoms with Crippen LogP contribution in [0.2, 0.25) is 0 Å². The third-order valence-electron chi connectivity index (χ3n) is 5.41. The predicted molar refractivity (Wildman–Crippen MR) is 117 cm³/mol. The minimum absolute atomic E-state index is 0.0110. The van der Waals surface area contributed by atoms with Crippen molar-refractivity contribution in [1.82, 2.24) is 5.32 Å². The van der Waals surface area contributed by atoms with E-state index in [-0.39, 0.29) is 29.6 Å². The summed E-state index contributed by atoms with van der Waals surface area (Å²) < 4.78 is 0. The average Bonchev–Trinajstić information content (AvgIpc) is 2.67. The molecule has 2 atom stereocenters. The molecule has 1 fully saturated rings. The molecule has 1 saturated carbocycles. The Morgan fingerprint density at radius 2 is 1.62 bits per heavy atom. The molecule has 0 aliphatic heterocycles. The van der Waals surface area contributed by atoms with Crippen LogP contribution in [0.15, 0.2) is 18.2 Å². The molecule has 3 amide bonds. The monoisotopic (exact) mass is 401 g/mol. The van der Waals surface area contributed by atoms with Gasteiger partial charge in [-0.15, -0.1) is 0 Å². The molecule has 0 radical (unpaired) electrons. The number of hydrogen-bond donors (Lipinski definition) is 3. The second-order valence-electron chi connectivity index (χ2n) is 9.01. The van der Waals surface area contributed by atoms with Gasteiger partial charge in [0.15, 0.2) is 0 Å². The molecule has 0 bridgehead atoms. The van der Waals surface area contributed by atoms with E-state index >= 15 is 0 Å². The van der Waals surface area contributed by atoms with Crippen LogP contribution < -0.4 is 16.0 Å². The molecule has 160 valence electrons. The molecular weight excluding hydrogens is 366 g/mol. The standard InChI is InChI=1S/C23H35N3O3/c1-6-13-24-20(27)17-9-7-8-10-18(17)21(28)25-16-11-12-19(15(2)14-16)26-22(29)23(3,4)5/h11-12,14,17-18H,6-10,13H2,1-5H3,(H,24,27)(H,25,28)(H,26,29)/t17-,18+/m1/s1. The summed E-state index contributed by atoms with van der Waals surface area (Å²) in [4.78, 5) is 37.6. The van der Waals surface area contributed by atoms with Crippen LogP contribution in [-0.4, -0.2) is 24.3 Å². The summed E-state index contributed by atoms with van der Waals surface area (Å²) in [7, 11) is 0. The van der Waals surface area contributed by atoms with Crippen molar-refractivity contribution in [1.29, 1.82) is 0 Å². The lowest BCUT2D eigenvalue weighted by Gasteiger charge is -2.29. The number of anilines is 2. The van der Waals surface area contributed by atoms with Crippen molar-refractivity contribution in [2.75, 3.05) is 17.2 Å². The van der Waals surface area contributed by atoms with Gasteiger partial charge in [-0.3, -0.25) is 14.4 Å². The Bertz CT molecular complexity index is 752. The van der Waals surface area contributed by atoms with Crippen LogP contribution in [0.3, 0.4) is 0 Å². The van der Waals surface area contributed by atoms with Gasteiger partial charge in [0.25, 0.3) is 0 Å². The zero-order valence-corrected chi connectivity index (χ0v) is 18.4. The van der Waals surface area contributed by atoms with Crippen LogP contribution >= 0.6 is 0 Å². The molecule has 1 aliphatic rings. The second-order valence-corrected chi connectivity index (χ2v) is 9.01. The molecule has 0 heterocycles. The fraction of sp³-hybridized carbons (Fsp3) is 0.609. The van der Waals surface area contributed by atoms with Gasteiger partial charge < -0.3 is 16.0 Å². The number of aryl methyl sites for hydroxylation is 1. The van der Waals surface area contributed by atoms with E-state index in [2.05, 4.69) is 16.0 Å². The number of carbonyl (C=O) groups excluding carboxylic acids is 3. The fourth-order valence-electron chi connectivity index (χ4n) is 3.56. The number of rotatable bonds is 6. The van der Waals surface area contributed by atoms with E-state index in [9.17, 15) is 14.4 Å². The number of benzene rings is 1. The molecule has 0 aromatic heterocycles. The van der Waals surface area contributed by atoms with E-state index in [0.717, 1.165) is 43.4 Å². The van der Waals surface area contributed by atoms with E-state index in [0.29, 0.717) is 12.2 Å². The van der Waals surface area contributed by atoms with Crippen molar-refractivity contribution in [3.8, 4) is 0 Å². The van der Waals surface area contributed by atoms with Crippen molar-refractivity contribution in [3.05, 3.63) is 23.8 Å². The van der Waals surface area contributed by atoms with Gasteiger partial charge in [0, 0.05) is 35.2 Å². The molecule has 2 rings (SSSR count). The highest BCUT2D eigenvalue weighted by Crippen LogP contribution is 2.32. The van der Waals surface area contributed by atoms with Crippen molar-refractivity contribution < 1.29 is 14.4 Å². The van der Waals surface area contributed by atoms with Crippen LogP contribution in [0.5, 0.6) is 0 Å². The van der Waals surface area contributed by atoms with Crippen LogP contribution in [-0.2, 0) is 14.4 Å². The number of hydrogen-bond acceptors (Lipinski definition) is 3. The Morgan fingerprint density at radius 1 is 1.00 bits per heavy atom. The zero-order valence-electron chi connectivity index (χ0n) is 18.4. The van der Waals surface area contributed by atoms with Crippen LogP contribution in [0.1, 0.15) is 65.4 Å². The number of carbonyl (C=O) groups is 3. The van der Waals surface area contributed by atoms with Gasteiger partial charge in [-0.1, -0.05) is 40.5 Å². The first-order chi connectivity index (χ1) is 13.6. The Balaban J connectivity index is 2.06. The second kappa shape index (κ2) is 9.90. The summed E-state index contributed by atoms with van der Waals surface area (Å²) in [6, 6.07) is 5.45. The SMILES string of the molecule is CCCNC(=O)[C@@H]1CCCC[C@@H]1C(=O)Nc1ccc(NC(=O)C(C)(C)C)c(C)c1. The minimum atomic E-state index is -0.479. The van der Waals surface area contributed by atoms with Crippen molar-refractivity contribution in [3.63, 3.8) is 0 Å². The first-order valence-corrected chi connectivity index (χ1v) is 10.6. The number of nitrogens with one attached hydrogen (secondary N) is 3. The van der Waals surface area contributed by atoms with Crippen LogP contribution in [0, 0.1) is 24.2 Å². The van der Waals surface area contributed by atoms with Gasteiger partial charge in [-0.25, -0.2) is 0 Å². The molecule has 1 aromatic rings. The molecule has 29 heavy (non-hydrogen) atoms. The molecule has 6 nitrogen and oxygen atoms in total. The quantitative estimate of drug-likeness (QED) is 0.666. The van der Waals surface area contributed by atoms with Gasteiger partial charge in [0.2, 0.25) is 17.7 Å². The highest BCUT2D eigenvalue weighted by molar-refractivity contribution is 5.98. The van der Waals surface area contributed by atoms with Gasteiger partial charge in [0.05, 0.1) is 0 Å². The predicted octanol–water partition coefficient (Wildman–Crippen LogP) is 4.25. The van der Waals surface area contributed by atoms with Crippen molar-refractivity contribution >= 4 is 29.1 Å².